The van der Waals surface area contributed by atoms with Gasteiger partial charge in [0.1, 0.15) is 0 Å². The number of benzene rings is 1. The quantitative estimate of drug-likeness (QED) is 0.653. The Labute approximate surface area is 184 Å². The second-order valence-corrected chi connectivity index (χ2v) is 8.41. The minimum atomic E-state index is -0.261. The number of pyridine rings is 1. The van der Waals surface area contributed by atoms with Crippen LogP contribution in [0, 0.1) is 6.92 Å². The van der Waals surface area contributed by atoms with E-state index >= 15 is 0 Å². The number of carbonyl (C=O) groups is 1. The molecule has 0 radical (unpaired) electrons. The van der Waals surface area contributed by atoms with Crippen molar-refractivity contribution in [2.24, 2.45) is 0 Å². The van der Waals surface area contributed by atoms with Crippen LogP contribution in [0.1, 0.15) is 18.5 Å². The van der Waals surface area contributed by atoms with Gasteiger partial charge in [0.05, 0.1) is 21.6 Å². The number of likely N-dealkylation sites (N-methyl/N-ethyl adjacent to an activating group) is 1. The highest BCUT2D eigenvalue weighted by Gasteiger charge is 2.19. The molecule has 0 aliphatic carbocycles. The average Bonchev–Trinajstić information content (AvgIpc) is 3.07. The summed E-state index contributed by atoms with van der Waals surface area (Å²) in [4.78, 5) is 42.3. The summed E-state index contributed by atoms with van der Waals surface area (Å²) < 4.78 is 2.94. The fourth-order valence-corrected chi connectivity index (χ4v) is 4.31. The van der Waals surface area contributed by atoms with Gasteiger partial charge in [-0.1, -0.05) is 23.7 Å². The Hall–Kier alpha value is -2.84. The van der Waals surface area contributed by atoms with Crippen molar-refractivity contribution < 1.29 is 4.79 Å². The van der Waals surface area contributed by atoms with Crippen LogP contribution in [0.3, 0.4) is 0 Å². The summed E-state index contributed by atoms with van der Waals surface area (Å²) in [5.74, 6) is 0.114. The van der Waals surface area contributed by atoms with Crippen molar-refractivity contribution in [3.05, 3.63) is 61.8 Å². The lowest BCUT2D eigenvalue weighted by Gasteiger charge is -2.32. The molecule has 0 spiro atoms. The van der Waals surface area contributed by atoms with E-state index in [0.29, 0.717) is 46.7 Å². The third kappa shape index (κ3) is 4.18. The number of aryl methyl sites for hydroxylation is 1. The zero-order valence-electron chi connectivity index (χ0n) is 17.7. The van der Waals surface area contributed by atoms with Crippen LogP contribution in [0.25, 0.3) is 16.6 Å². The highest BCUT2D eigenvalue weighted by Crippen LogP contribution is 2.20. The van der Waals surface area contributed by atoms with Gasteiger partial charge in [-0.2, -0.15) is 0 Å². The van der Waals surface area contributed by atoms with Crippen molar-refractivity contribution in [1.29, 1.82) is 0 Å². The number of nitrogens with zero attached hydrogens (tertiary/aromatic N) is 4. The second-order valence-electron chi connectivity index (χ2n) is 8.00. The van der Waals surface area contributed by atoms with E-state index in [2.05, 4.69) is 10.00 Å². The number of hydrogen-bond donors (Lipinski definition) is 1. The number of nitrogens with one attached hydrogen (secondary N) is 1. The normalized spacial score (nSPS) is 15.0. The Morgan fingerprint density at radius 2 is 1.84 bits per heavy atom. The maximum Gasteiger partial charge on any atom is 0.280 e. The Morgan fingerprint density at radius 1 is 1.13 bits per heavy atom. The SMILES string of the molecule is Cc1c2c(=O)n(-c3ccccc3Cl)[nH]c2cc(=O)n1CCCC(=O)N1CCN(C)CC1. The van der Waals surface area contributed by atoms with E-state index in [4.69, 9.17) is 11.6 Å². The van der Waals surface area contributed by atoms with Gasteiger partial charge in [0, 0.05) is 50.9 Å². The third-order valence-electron chi connectivity index (χ3n) is 5.94. The number of aromatic amines is 1. The van der Waals surface area contributed by atoms with Crippen LogP contribution in [-0.2, 0) is 11.3 Å². The van der Waals surface area contributed by atoms with E-state index in [-0.39, 0.29) is 17.0 Å². The molecule has 0 saturated carbocycles. The minimum absolute atomic E-state index is 0.114. The maximum atomic E-state index is 13.1. The number of rotatable bonds is 5. The minimum Gasteiger partial charge on any atom is -0.340 e. The summed E-state index contributed by atoms with van der Waals surface area (Å²) in [6, 6.07) is 8.46. The molecule has 31 heavy (non-hydrogen) atoms. The molecule has 1 aliphatic heterocycles. The number of carbonyl (C=O) groups excluding carboxylic acids is 1. The third-order valence-corrected chi connectivity index (χ3v) is 6.26. The number of para-hydroxylation sites is 1. The molecule has 3 heterocycles. The summed E-state index contributed by atoms with van der Waals surface area (Å²) >= 11 is 6.25. The zero-order chi connectivity index (χ0) is 22.1. The molecular formula is C22H26ClN5O3. The number of halogens is 1. The number of fused-ring (bicyclic) bond motifs is 1. The van der Waals surface area contributed by atoms with Crippen LogP contribution in [0.5, 0.6) is 0 Å². The molecule has 0 unspecified atom stereocenters. The fourth-order valence-electron chi connectivity index (χ4n) is 4.09. The smallest absolute Gasteiger partial charge is 0.280 e. The molecule has 1 fully saturated rings. The molecule has 8 nitrogen and oxygen atoms in total. The molecule has 0 bridgehead atoms. The summed E-state index contributed by atoms with van der Waals surface area (Å²) in [7, 11) is 2.05. The molecule has 1 aromatic carbocycles. The lowest BCUT2D eigenvalue weighted by atomic mass is 10.2. The summed E-state index contributed by atoms with van der Waals surface area (Å²) in [5, 5.41) is 3.88. The number of hydrogen-bond acceptors (Lipinski definition) is 4. The van der Waals surface area contributed by atoms with E-state index in [1.807, 2.05) is 11.9 Å². The van der Waals surface area contributed by atoms with Crippen molar-refractivity contribution in [3.8, 4) is 5.69 Å². The van der Waals surface area contributed by atoms with Gasteiger partial charge in [-0.15, -0.1) is 0 Å². The summed E-state index contributed by atoms with van der Waals surface area (Å²) in [6.07, 6.45) is 0.922. The molecule has 9 heteroatoms. The highest BCUT2D eigenvalue weighted by molar-refractivity contribution is 6.32. The Bertz CT molecular complexity index is 1230. The molecule has 1 amide bonds. The van der Waals surface area contributed by atoms with Crippen LogP contribution in [0.4, 0.5) is 0 Å². The van der Waals surface area contributed by atoms with Gasteiger partial charge in [-0.3, -0.25) is 19.5 Å². The van der Waals surface area contributed by atoms with Gasteiger partial charge in [-0.05, 0) is 32.5 Å². The molecule has 2 aromatic heterocycles. The molecule has 1 aliphatic rings. The van der Waals surface area contributed by atoms with E-state index in [9.17, 15) is 14.4 Å². The Balaban J connectivity index is 1.56. The zero-order valence-corrected chi connectivity index (χ0v) is 18.5. The topological polar surface area (TPSA) is 83.3 Å². The average molecular weight is 444 g/mol. The first kappa shape index (κ1) is 21.4. The number of amides is 1. The van der Waals surface area contributed by atoms with Crippen molar-refractivity contribution in [2.45, 2.75) is 26.3 Å². The lowest BCUT2D eigenvalue weighted by molar-refractivity contribution is -0.132. The van der Waals surface area contributed by atoms with E-state index in [1.165, 1.54) is 10.7 Å². The molecule has 4 rings (SSSR count). The molecule has 0 atom stereocenters. The Morgan fingerprint density at radius 3 is 2.55 bits per heavy atom. The van der Waals surface area contributed by atoms with Crippen molar-refractivity contribution >= 4 is 28.4 Å². The van der Waals surface area contributed by atoms with Gasteiger partial charge in [-0.25, -0.2) is 4.68 Å². The molecular weight excluding hydrogens is 418 g/mol. The predicted octanol–water partition coefficient (Wildman–Crippen LogP) is 2.00. The molecule has 3 aromatic rings. The number of piperazine rings is 1. The van der Waals surface area contributed by atoms with Gasteiger partial charge in [0.25, 0.3) is 11.1 Å². The van der Waals surface area contributed by atoms with Crippen LogP contribution in [0.15, 0.2) is 39.9 Å². The monoisotopic (exact) mass is 443 g/mol. The fraction of sp³-hybridized carbons (Fsp3) is 0.409. The van der Waals surface area contributed by atoms with Crippen molar-refractivity contribution in [3.63, 3.8) is 0 Å². The first-order valence-electron chi connectivity index (χ1n) is 10.4. The first-order valence-corrected chi connectivity index (χ1v) is 10.8. The standard InChI is InChI=1S/C22H26ClN5O3/c1-15-21-17(24-28(22(21)31)18-7-4-3-6-16(18)23)14-20(30)27(15)9-5-8-19(29)26-12-10-25(2)11-13-26/h3-4,6-7,14,24H,5,8-13H2,1-2H3. The van der Waals surface area contributed by atoms with Crippen LogP contribution >= 0.6 is 11.6 Å². The number of aromatic nitrogens is 3. The lowest BCUT2D eigenvalue weighted by Crippen LogP contribution is -2.47. The predicted molar refractivity (Wildman–Crippen MR) is 121 cm³/mol. The molecule has 1 saturated heterocycles. The van der Waals surface area contributed by atoms with Gasteiger partial charge in [0.2, 0.25) is 5.91 Å². The van der Waals surface area contributed by atoms with E-state index < -0.39 is 0 Å². The maximum absolute atomic E-state index is 13.1. The van der Waals surface area contributed by atoms with Crippen molar-refractivity contribution in [1.82, 2.24) is 24.1 Å². The summed E-state index contributed by atoms with van der Waals surface area (Å²) in [6.45, 7) is 5.39. The molecule has 1 N–H and O–H groups in total. The van der Waals surface area contributed by atoms with Crippen molar-refractivity contribution in [2.75, 3.05) is 33.2 Å². The molecule has 164 valence electrons. The van der Waals surface area contributed by atoms with E-state index in [0.717, 1.165) is 26.2 Å². The second kappa shape index (κ2) is 8.72. The van der Waals surface area contributed by atoms with E-state index in [1.54, 1.807) is 35.8 Å². The Kier molecular flexibility index (Phi) is 6.02. The number of H-pyrrole nitrogens is 1. The first-order chi connectivity index (χ1) is 14.9. The largest absolute Gasteiger partial charge is 0.340 e. The van der Waals surface area contributed by atoms with Gasteiger partial charge >= 0.3 is 0 Å². The highest BCUT2D eigenvalue weighted by atomic mass is 35.5. The van der Waals surface area contributed by atoms with Gasteiger partial charge < -0.3 is 14.4 Å². The van der Waals surface area contributed by atoms with Gasteiger partial charge in [0.15, 0.2) is 0 Å². The van der Waals surface area contributed by atoms with Crippen LogP contribution in [-0.4, -0.2) is 63.3 Å². The summed E-state index contributed by atoms with van der Waals surface area (Å²) in [5.41, 5.74) is 1.12. The van der Waals surface area contributed by atoms with Crippen LogP contribution in [0.2, 0.25) is 5.02 Å². The van der Waals surface area contributed by atoms with Crippen LogP contribution < -0.4 is 11.1 Å².